The Labute approximate surface area is 129 Å². The van der Waals surface area contributed by atoms with Crippen molar-refractivity contribution in [1.82, 2.24) is 5.32 Å². The van der Waals surface area contributed by atoms with Gasteiger partial charge in [0.25, 0.3) is 0 Å². The zero-order valence-electron chi connectivity index (χ0n) is 12.0. The smallest absolute Gasteiger partial charge is 0.0914 e. The number of hydrogen-bond donors (Lipinski definition) is 2. The summed E-state index contributed by atoms with van der Waals surface area (Å²) < 4.78 is 0. The molecule has 108 valence electrons. The third-order valence-corrected chi connectivity index (χ3v) is 4.80. The van der Waals surface area contributed by atoms with Crippen molar-refractivity contribution >= 4 is 22.1 Å². The predicted molar refractivity (Wildman–Crippen MR) is 89.6 cm³/mol. The highest BCUT2D eigenvalue weighted by Crippen LogP contribution is 2.22. The van der Waals surface area contributed by atoms with E-state index in [-0.39, 0.29) is 6.04 Å². The summed E-state index contributed by atoms with van der Waals surface area (Å²) in [4.78, 5) is 1.29. The first-order valence-corrected chi connectivity index (χ1v) is 8.05. The second kappa shape index (κ2) is 6.39. The van der Waals surface area contributed by atoms with Crippen molar-refractivity contribution in [3.8, 4) is 0 Å². The molecule has 0 saturated heterocycles. The fourth-order valence-electron chi connectivity index (χ4n) is 2.46. The molecular weight excluding hydrogens is 278 g/mol. The van der Waals surface area contributed by atoms with E-state index in [1.165, 1.54) is 15.6 Å². The van der Waals surface area contributed by atoms with E-state index in [4.69, 9.17) is 0 Å². The van der Waals surface area contributed by atoms with Gasteiger partial charge in [0.2, 0.25) is 0 Å². The van der Waals surface area contributed by atoms with Crippen molar-refractivity contribution < 1.29 is 5.11 Å². The van der Waals surface area contributed by atoms with Crippen LogP contribution in [0.3, 0.4) is 0 Å². The molecule has 0 radical (unpaired) electrons. The maximum absolute atomic E-state index is 10.4. The molecule has 0 aliphatic carbocycles. The first-order chi connectivity index (χ1) is 10.2. The molecule has 0 saturated carbocycles. The van der Waals surface area contributed by atoms with Gasteiger partial charge in [-0.1, -0.05) is 42.5 Å². The van der Waals surface area contributed by atoms with Crippen LogP contribution in [0.2, 0.25) is 0 Å². The van der Waals surface area contributed by atoms with Crippen LogP contribution in [-0.4, -0.2) is 11.7 Å². The molecule has 3 rings (SSSR count). The van der Waals surface area contributed by atoms with E-state index in [2.05, 4.69) is 54.0 Å². The third kappa shape index (κ3) is 3.32. The Kier molecular flexibility index (Phi) is 4.34. The van der Waals surface area contributed by atoms with Gasteiger partial charge in [0, 0.05) is 17.5 Å². The Balaban J connectivity index is 1.67. The molecule has 0 amide bonds. The standard InChI is InChI=1S/C18H19NOS/c1-13(18-7-4-10-21-18)19-12-17(20)16-9-8-14-5-2-3-6-15(14)11-16/h2-11,13,17,19-20H,12H2,1H3/t13-,17?/m1/s1. The molecule has 3 aromatic rings. The van der Waals surface area contributed by atoms with Gasteiger partial charge in [0.15, 0.2) is 0 Å². The molecule has 1 unspecified atom stereocenters. The van der Waals surface area contributed by atoms with Crippen LogP contribution in [0.1, 0.15) is 29.5 Å². The Morgan fingerprint density at radius 3 is 2.62 bits per heavy atom. The lowest BCUT2D eigenvalue weighted by atomic mass is 10.0. The minimum Gasteiger partial charge on any atom is -0.387 e. The van der Waals surface area contributed by atoms with Crippen LogP contribution in [0, 0.1) is 0 Å². The van der Waals surface area contributed by atoms with E-state index in [1.54, 1.807) is 11.3 Å². The summed E-state index contributed by atoms with van der Waals surface area (Å²) in [7, 11) is 0. The molecule has 2 aromatic carbocycles. The molecular formula is C18H19NOS. The molecule has 21 heavy (non-hydrogen) atoms. The van der Waals surface area contributed by atoms with Gasteiger partial charge in [-0.05, 0) is 40.8 Å². The highest BCUT2D eigenvalue weighted by molar-refractivity contribution is 7.10. The minimum atomic E-state index is -0.489. The van der Waals surface area contributed by atoms with Crippen LogP contribution >= 0.6 is 11.3 Å². The predicted octanol–water partition coefficient (Wildman–Crippen LogP) is 4.29. The second-order valence-electron chi connectivity index (χ2n) is 5.27. The Morgan fingerprint density at radius 1 is 1.05 bits per heavy atom. The van der Waals surface area contributed by atoms with Gasteiger partial charge in [-0.25, -0.2) is 0 Å². The van der Waals surface area contributed by atoms with Crippen molar-refractivity contribution in [2.75, 3.05) is 6.54 Å². The van der Waals surface area contributed by atoms with Crippen LogP contribution in [0.25, 0.3) is 10.8 Å². The largest absolute Gasteiger partial charge is 0.387 e. The molecule has 1 aromatic heterocycles. The summed E-state index contributed by atoms with van der Waals surface area (Å²) in [6.07, 6.45) is -0.489. The monoisotopic (exact) mass is 297 g/mol. The lowest BCUT2D eigenvalue weighted by Crippen LogP contribution is -2.24. The van der Waals surface area contributed by atoms with Gasteiger partial charge in [-0.15, -0.1) is 11.3 Å². The Hall–Kier alpha value is -1.68. The maximum Gasteiger partial charge on any atom is 0.0914 e. The fourth-order valence-corrected chi connectivity index (χ4v) is 3.22. The summed E-state index contributed by atoms with van der Waals surface area (Å²) >= 11 is 1.74. The van der Waals surface area contributed by atoms with Crippen molar-refractivity contribution in [1.29, 1.82) is 0 Å². The van der Waals surface area contributed by atoms with E-state index in [1.807, 2.05) is 18.2 Å². The summed E-state index contributed by atoms with van der Waals surface area (Å²) in [6, 6.07) is 18.8. The molecule has 2 atom stereocenters. The van der Waals surface area contributed by atoms with E-state index < -0.39 is 6.10 Å². The molecule has 0 bridgehead atoms. The van der Waals surface area contributed by atoms with Gasteiger partial charge >= 0.3 is 0 Å². The summed E-state index contributed by atoms with van der Waals surface area (Å²) in [5.41, 5.74) is 0.958. The third-order valence-electron chi connectivity index (χ3n) is 3.75. The molecule has 0 spiro atoms. The number of fused-ring (bicyclic) bond motifs is 1. The SMILES string of the molecule is C[C@@H](NCC(O)c1ccc2ccccc2c1)c1cccs1. The molecule has 0 aliphatic heterocycles. The maximum atomic E-state index is 10.4. The molecule has 0 aliphatic rings. The average Bonchev–Trinajstić information content (AvgIpc) is 3.06. The van der Waals surface area contributed by atoms with E-state index in [0.717, 1.165) is 5.56 Å². The lowest BCUT2D eigenvalue weighted by Gasteiger charge is -2.17. The topological polar surface area (TPSA) is 32.3 Å². The first kappa shape index (κ1) is 14.3. The molecule has 2 N–H and O–H groups in total. The number of thiophene rings is 1. The zero-order chi connectivity index (χ0) is 14.7. The number of hydrogen-bond acceptors (Lipinski definition) is 3. The van der Waals surface area contributed by atoms with E-state index in [9.17, 15) is 5.11 Å². The minimum absolute atomic E-state index is 0.264. The summed E-state index contributed by atoms with van der Waals surface area (Å²) in [6.45, 7) is 2.68. The number of benzene rings is 2. The molecule has 2 nitrogen and oxygen atoms in total. The average molecular weight is 297 g/mol. The first-order valence-electron chi connectivity index (χ1n) is 7.17. The lowest BCUT2D eigenvalue weighted by molar-refractivity contribution is 0.171. The normalized spacial score (nSPS) is 14.2. The zero-order valence-corrected chi connectivity index (χ0v) is 12.8. The number of aliphatic hydroxyl groups is 1. The van der Waals surface area contributed by atoms with Gasteiger partial charge < -0.3 is 10.4 Å². The number of rotatable bonds is 5. The molecule has 3 heteroatoms. The van der Waals surface area contributed by atoms with Crippen molar-refractivity contribution in [3.05, 3.63) is 70.4 Å². The summed E-state index contributed by atoms with van der Waals surface area (Å²) in [5.74, 6) is 0. The number of aliphatic hydroxyl groups excluding tert-OH is 1. The fraction of sp³-hybridized carbons (Fsp3) is 0.222. The Bertz CT molecular complexity index is 708. The quantitative estimate of drug-likeness (QED) is 0.736. The number of nitrogens with one attached hydrogen (secondary N) is 1. The van der Waals surface area contributed by atoms with Crippen molar-refractivity contribution in [3.63, 3.8) is 0 Å². The highest BCUT2D eigenvalue weighted by atomic mass is 32.1. The van der Waals surface area contributed by atoms with Crippen LogP contribution in [0.5, 0.6) is 0 Å². The van der Waals surface area contributed by atoms with Gasteiger partial charge in [-0.3, -0.25) is 0 Å². The molecule has 1 heterocycles. The van der Waals surface area contributed by atoms with Crippen LogP contribution in [-0.2, 0) is 0 Å². The van der Waals surface area contributed by atoms with Crippen LogP contribution in [0.15, 0.2) is 60.0 Å². The van der Waals surface area contributed by atoms with Crippen molar-refractivity contribution in [2.24, 2.45) is 0 Å². The van der Waals surface area contributed by atoms with Crippen molar-refractivity contribution in [2.45, 2.75) is 19.1 Å². The highest BCUT2D eigenvalue weighted by Gasteiger charge is 2.11. The molecule has 0 fully saturated rings. The summed E-state index contributed by atoms with van der Waals surface area (Å²) in [5, 5.41) is 18.2. The second-order valence-corrected chi connectivity index (χ2v) is 6.25. The van der Waals surface area contributed by atoms with E-state index >= 15 is 0 Å². The van der Waals surface area contributed by atoms with Gasteiger partial charge in [-0.2, -0.15) is 0 Å². The van der Waals surface area contributed by atoms with Gasteiger partial charge in [0.05, 0.1) is 6.10 Å². The van der Waals surface area contributed by atoms with Crippen LogP contribution < -0.4 is 5.32 Å². The van der Waals surface area contributed by atoms with E-state index in [0.29, 0.717) is 6.54 Å². The van der Waals surface area contributed by atoms with Gasteiger partial charge in [0.1, 0.15) is 0 Å². The van der Waals surface area contributed by atoms with Crippen LogP contribution in [0.4, 0.5) is 0 Å². The Morgan fingerprint density at radius 2 is 1.86 bits per heavy atom.